The highest BCUT2D eigenvalue weighted by molar-refractivity contribution is 8.02. The average Bonchev–Trinajstić information content (AvgIpc) is 3.36. The molecular weight excluding hydrogens is 440 g/mol. The highest BCUT2D eigenvalue weighted by Gasteiger charge is 2.76. The first kappa shape index (κ1) is 26.1. The Morgan fingerprint density at radius 3 is 2.61 bits per heavy atom. The Morgan fingerprint density at radius 1 is 1.24 bits per heavy atom. The molecule has 0 aromatic carbocycles. The number of likely N-dealkylation sites (tertiary alicyclic amines) is 1. The minimum Gasteiger partial charge on any atom is -0.481 e. The number of unbranched alkanes of at least 4 members (excludes halogenated alkanes) is 5. The summed E-state index contributed by atoms with van der Waals surface area (Å²) in [5.41, 5.74) is 0. The van der Waals surface area contributed by atoms with Gasteiger partial charge in [0.2, 0.25) is 11.8 Å². The lowest BCUT2D eigenvalue weighted by atomic mass is 9.66. The molecule has 2 N–H and O–H groups in total. The van der Waals surface area contributed by atoms with Crippen molar-refractivity contribution < 1.29 is 24.6 Å². The molecule has 3 saturated heterocycles. The maximum atomic E-state index is 14.1. The molecule has 0 radical (unpaired) electrons. The number of aliphatic carboxylic acids is 1. The number of hydrogen-bond donors (Lipinski definition) is 2. The predicted molar refractivity (Wildman–Crippen MR) is 130 cm³/mol. The van der Waals surface area contributed by atoms with Crippen LogP contribution in [0, 0.1) is 17.8 Å². The number of carbonyl (C=O) groups excluding carboxylic acids is 2. The minimum absolute atomic E-state index is 0.0525. The first-order valence-electron chi connectivity index (χ1n) is 12.6. The average molecular weight is 481 g/mol. The Labute approximate surface area is 202 Å². The molecule has 3 heterocycles. The third-order valence-electron chi connectivity index (χ3n) is 7.76. The van der Waals surface area contributed by atoms with Gasteiger partial charge in [-0.25, -0.2) is 0 Å². The number of amides is 2. The highest BCUT2D eigenvalue weighted by Crippen LogP contribution is 2.68. The lowest BCUT2D eigenvalue weighted by Crippen LogP contribution is -2.57. The van der Waals surface area contributed by atoms with Crippen LogP contribution in [0.15, 0.2) is 12.7 Å². The molecule has 186 valence electrons. The van der Waals surface area contributed by atoms with E-state index >= 15 is 0 Å². The molecule has 3 aliphatic heterocycles. The quantitative estimate of drug-likeness (QED) is 0.293. The fourth-order valence-corrected chi connectivity index (χ4v) is 8.65. The van der Waals surface area contributed by atoms with E-state index in [0.29, 0.717) is 19.6 Å². The molecule has 7 nitrogen and oxygen atoms in total. The Kier molecular flexibility index (Phi) is 8.89. The molecule has 3 unspecified atom stereocenters. The molecule has 8 heteroatoms. The van der Waals surface area contributed by atoms with Gasteiger partial charge in [-0.1, -0.05) is 45.6 Å². The summed E-state index contributed by atoms with van der Waals surface area (Å²) in [6.07, 6.45) is 8.66. The Balaban J connectivity index is 1.92. The van der Waals surface area contributed by atoms with Crippen molar-refractivity contribution >= 4 is 29.5 Å². The molecule has 3 fully saturated rings. The van der Waals surface area contributed by atoms with Gasteiger partial charge in [0.25, 0.3) is 0 Å². The van der Waals surface area contributed by atoms with Crippen LogP contribution in [-0.4, -0.2) is 80.1 Å². The third kappa shape index (κ3) is 4.70. The molecule has 3 rings (SSSR count). The van der Waals surface area contributed by atoms with Crippen LogP contribution in [0.3, 0.4) is 0 Å². The van der Waals surface area contributed by atoms with Crippen molar-refractivity contribution in [1.82, 2.24) is 9.80 Å². The van der Waals surface area contributed by atoms with Crippen molar-refractivity contribution in [3.8, 4) is 0 Å². The topological polar surface area (TPSA) is 98.2 Å². The lowest BCUT2D eigenvalue weighted by Gasteiger charge is -2.40. The van der Waals surface area contributed by atoms with E-state index in [-0.39, 0.29) is 29.6 Å². The van der Waals surface area contributed by atoms with Crippen LogP contribution in [0.25, 0.3) is 0 Å². The summed E-state index contributed by atoms with van der Waals surface area (Å²) in [5.74, 6) is -2.38. The van der Waals surface area contributed by atoms with Crippen LogP contribution < -0.4 is 0 Å². The third-order valence-corrected chi connectivity index (χ3v) is 9.84. The molecule has 0 saturated carbocycles. The fourth-order valence-electron chi connectivity index (χ4n) is 6.24. The van der Waals surface area contributed by atoms with Gasteiger partial charge in [0.15, 0.2) is 0 Å². The molecule has 0 aromatic heterocycles. The summed E-state index contributed by atoms with van der Waals surface area (Å²) in [5, 5.41) is 18.9. The zero-order chi connectivity index (χ0) is 24.2. The summed E-state index contributed by atoms with van der Waals surface area (Å²) in [6.45, 7) is 9.72. The number of carboxylic acids is 1. The molecule has 3 aliphatic rings. The number of fused-ring (bicyclic) bond motifs is 1. The van der Waals surface area contributed by atoms with E-state index in [2.05, 4.69) is 20.4 Å². The van der Waals surface area contributed by atoms with Gasteiger partial charge < -0.3 is 20.0 Å². The van der Waals surface area contributed by atoms with Gasteiger partial charge in [-0.05, 0) is 31.6 Å². The second-order valence-corrected chi connectivity index (χ2v) is 11.4. The van der Waals surface area contributed by atoms with E-state index in [4.69, 9.17) is 5.11 Å². The van der Waals surface area contributed by atoms with Crippen molar-refractivity contribution in [2.45, 2.75) is 81.3 Å². The zero-order valence-corrected chi connectivity index (χ0v) is 20.9. The molecule has 6 atom stereocenters. The first-order chi connectivity index (χ1) is 15.8. The molecule has 2 amide bonds. The predicted octanol–water partition coefficient (Wildman–Crippen LogP) is 3.17. The van der Waals surface area contributed by atoms with Gasteiger partial charge in [0.05, 0.1) is 16.6 Å². The summed E-state index contributed by atoms with van der Waals surface area (Å²) >= 11 is 1.60. The van der Waals surface area contributed by atoms with E-state index in [1.165, 1.54) is 0 Å². The Morgan fingerprint density at radius 2 is 1.97 bits per heavy atom. The van der Waals surface area contributed by atoms with E-state index < -0.39 is 28.6 Å². The van der Waals surface area contributed by atoms with Crippen LogP contribution in [0.5, 0.6) is 0 Å². The second kappa shape index (κ2) is 11.3. The minimum atomic E-state index is -0.915. The normalized spacial score (nSPS) is 32.3. The molecular formula is C25H40N2O5S. The smallest absolute Gasteiger partial charge is 0.308 e. The summed E-state index contributed by atoms with van der Waals surface area (Å²) in [4.78, 5) is 43.5. The van der Waals surface area contributed by atoms with E-state index in [9.17, 15) is 19.5 Å². The largest absolute Gasteiger partial charge is 0.481 e. The molecule has 0 aromatic rings. The van der Waals surface area contributed by atoms with Crippen molar-refractivity contribution in [2.24, 2.45) is 17.8 Å². The van der Waals surface area contributed by atoms with Crippen LogP contribution >= 0.6 is 11.8 Å². The fraction of sp³-hybridized carbons (Fsp3) is 0.800. The van der Waals surface area contributed by atoms with Crippen molar-refractivity contribution in [1.29, 1.82) is 0 Å². The molecule has 2 bridgehead atoms. The van der Waals surface area contributed by atoms with Crippen LogP contribution in [0.4, 0.5) is 0 Å². The number of thioether (sulfide) groups is 1. The van der Waals surface area contributed by atoms with Crippen molar-refractivity contribution in [3.63, 3.8) is 0 Å². The number of carboxylic acid groups (broad SMARTS) is 1. The molecule has 0 aliphatic carbocycles. The van der Waals surface area contributed by atoms with Crippen molar-refractivity contribution in [3.05, 3.63) is 12.7 Å². The lowest BCUT2D eigenvalue weighted by molar-refractivity contribution is -0.149. The number of rotatable bonds is 14. The summed E-state index contributed by atoms with van der Waals surface area (Å²) in [7, 11) is 0. The van der Waals surface area contributed by atoms with Gasteiger partial charge >= 0.3 is 5.97 Å². The standard InChI is InChI=1S/C25H40N2O5S/c1-4-6-9-13-26(12-5-2)23(30)21-25-17(3)16-18(33-25)19(24(31)32)20(25)22(29)27(21)14-10-7-8-11-15-28/h5,17-21,28H,2,4,6-16H2,1,3H3,(H,31,32)/t17?,18-,19+,20-,21?,25?/m0/s1. The zero-order valence-electron chi connectivity index (χ0n) is 20.1. The van der Waals surface area contributed by atoms with Gasteiger partial charge in [-0.2, -0.15) is 0 Å². The summed E-state index contributed by atoms with van der Waals surface area (Å²) < 4.78 is -0.669. The monoisotopic (exact) mass is 480 g/mol. The number of aliphatic hydroxyl groups excluding tert-OH is 1. The maximum absolute atomic E-state index is 14.1. The summed E-state index contributed by atoms with van der Waals surface area (Å²) in [6, 6.07) is -0.622. The number of hydrogen-bond acceptors (Lipinski definition) is 5. The van der Waals surface area contributed by atoms with E-state index in [0.717, 1.165) is 51.4 Å². The SMILES string of the molecule is C=CCN(CCCCC)C(=O)C1N(CCCCCCO)C(=O)[C@@H]2[C@H](C(=O)O)[C@@H]3CC(C)C12S3. The van der Waals surface area contributed by atoms with Gasteiger partial charge in [-0.15, -0.1) is 18.3 Å². The first-order valence-corrected chi connectivity index (χ1v) is 13.4. The Hall–Kier alpha value is -1.54. The van der Waals surface area contributed by atoms with Crippen molar-refractivity contribution in [2.75, 3.05) is 26.2 Å². The number of nitrogens with zero attached hydrogens (tertiary/aromatic N) is 2. The molecule has 33 heavy (non-hydrogen) atoms. The van der Waals surface area contributed by atoms with Gasteiger partial charge in [-0.3, -0.25) is 14.4 Å². The second-order valence-electron chi connectivity index (χ2n) is 9.84. The van der Waals surface area contributed by atoms with E-state index in [1.54, 1.807) is 22.7 Å². The van der Waals surface area contributed by atoms with Crippen LogP contribution in [0.2, 0.25) is 0 Å². The molecule has 1 spiro atoms. The Bertz CT molecular complexity index is 746. The number of carbonyl (C=O) groups is 3. The van der Waals surface area contributed by atoms with Crippen LogP contribution in [0.1, 0.15) is 65.2 Å². The highest BCUT2D eigenvalue weighted by atomic mass is 32.2. The van der Waals surface area contributed by atoms with E-state index in [1.807, 2.05) is 4.90 Å². The van der Waals surface area contributed by atoms with Gasteiger partial charge in [0.1, 0.15) is 6.04 Å². The van der Waals surface area contributed by atoms with Crippen LogP contribution in [-0.2, 0) is 14.4 Å². The maximum Gasteiger partial charge on any atom is 0.308 e. The number of aliphatic hydroxyl groups is 1. The van der Waals surface area contributed by atoms with Gasteiger partial charge in [0, 0.05) is 31.5 Å².